The van der Waals surface area contributed by atoms with Gasteiger partial charge in [0.25, 0.3) is 0 Å². The molecule has 1 aliphatic heterocycles. The van der Waals surface area contributed by atoms with E-state index in [4.69, 9.17) is 4.98 Å². The summed E-state index contributed by atoms with van der Waals surface area (Å²) in [5, 5.41) is 6.81. The van der Waals surface area contributed by atoms with Gasteiger partial charge in [0.2, 0.25) is 0 Å². The largest absolute Gasteiger partial charge is 0.370 e. The molecule has 0 amide bonds. The molecule has 0 spiro atoms. The third-order valence-electron chi connectivity index (χ3n) is 4.37. The lowest BCUT2D eigenvalue weighted by Gasteiger charge is -2.18. The molecule has 1 unspecified atom stereocenters. The highest BCUT2D eigenvalue weighted by atomic mass is 15.1. The molecule has 0 saturated heterocycles. The quantitative estimate of drug-likeness (QED) is 0.747. The highest BCUT2D eigenvalue weighted by Crippen LogP contribution is 2.22. The lowest BCUT2D eigenvalue weighted by Crippen LogP contribution is -2.18. The second-order valence-corrected chi connectivity index (χ2v) is 6.35. The minimum atomic E-state index is 0.214. The Hall–Kier alpha value is -2.76. The van der Waals surface area contributed by atoms with E-state index in [1.807, 2.05) is 12.1 Å². The van der Waals surface area contributed by atoms with Crippen LogP contribution in [0.5, 0.6) is 0 Å². The van der Waals surface area contributed by atoms with Gasteiger partial charge in [-0.15, -0.1) is 0 Å². The first-order valence-electron chi connectivity index (χ1n) is 8.69. The minimum absolute atomic E-state index is 0.214. The Bertz CT molecular complexity index is 873. The van der Waals surface area contributed by atoms with Crippen molar-refractivity contribution in [1.29, 1.82) is 0 Å². The van der Waals surface area contributed by atoms with Crippen molar-refractivity contribution in [3.05, 3.63) is 54.5 Å². The Morgan fingerprint density at radius 3 is 3.16 bits per heavy atom. The van der Waals surface area contributed by atoms with Crippen LogP contribution in [0, 0.1) is 6.42 Å². The zero-order valence-electron chi connectivity index (χ0n) is 14.2. The molecule has 1 radical (unpaired) electrons. The zero-order valence-corrected chi connectivity index (χ0v) is 14.2. The summed E-state index contributed by atoms with van der Waals surface area (Å²) in [5.74, 6) is 1.80. The van der Waals surface area contributed by atoms with Crippen molar-refractivity contribution < 1.29 is 0 Å². The van der Waals surface area contributed by atoms with E-state index in [1.54, 1.807) is 12.5 Å². The maximum absolute atomic E-state index is 4.71. The van der Waals surface area contributed by atoms with E-state index in [1.165, 1.54) is 12.0 Å². The Morgan fingerprint density at radius 2 is 2.20 bits per heavy atom. The third-order valence-corrected chi connectivity index (χ3v) is 4.37. The molecule has 0 aromatic carbocycles. The molecule has 1 aliphatic rings. The number of hydrogen-bond acceptors (Lipinski definition) is 6. The van der Waals surface area contributed by atoms with Crippen LogP contribution in [0.4, 0.5) is 11.6 Å². The van der Waals surface area contributed by atoms with Crippen molar-refractivity contribution in [2.24, 2.45) is 0 Å². The number of rotatable bonds is 5. The zero-order chi connectivity index (χ0) is 17.1. The summed E-state index contributed by atoms with van der Waals surface area (Å²) in [6.45, 7) is 3.14. The molecular formula is C19H21N6. The Kier molecular flexibility index (Phi) is 4.41. The molecule has 3 aromatic heterocycles. The summed E-state index contributed by atoms with van der Waals surface area (Å²) in [7, 11) is 0. The van der Waals surface area contributed by atoms with Gasteiger partial charge < -0.3 is 10.6 Å². The van der Waals surface area contributed by atoms with Gasteiger partial charge >= 0.3 is 0 Å². The van der Waals surface area contributed by atoms with E-state index < -0.39 is 0 Å². The van der Waals surface area contributed by atoms with Gasteiger partial charge in [-0.25, -0.2) is 15.0 Å². The minimum Gasteiger partial charge on any atom is -0.370 e. The molecule has 0 aliphatic carbocycles. The molecule has 4 heterocycles. The van der Waals surface area contributed by atoms with Gasteiger partial charge in [0.05, 0.1) is 5.52 Å². The topological polar surface area (TPSA) is 75.6 Å². The predicted octanol–water partition coefficient (Wildman–Crippen LogP) is 3.22. The molecule has 127 valence electrons. The van der Waals surface area contributed by atoms with Crippen molar-refractivity contribution >= 4 is 22.7 Å². The predicted molar refractivity (Wildman–Crippen MR) is 99.5 cm³/mol. The van der Waals surface area contributed by atoms with E-state index in [0.29, 0.717) is 0 Å². The van der Waals surface area contributed by atoms with E-state index in [0.717, 1.165) is 47.7 Å². The fraction of sp³-hybridized carbons (Fsp3) is 0.316. The van der Waals surface area contributed by atoms with Crippen molar-refractivity contribution in [1.82, 2.24) is 19.9 Å². The summed E-state index contributed by atoms with van der Waals surface area (Å²) in [4.78, 5) is 17.7. The molecule has 3 aromatic rings. The molecule has 4 rings (SSSR count). The highest BCUT2D eigenvalue weighted by molar-refractivity contribution is 5.84. The van der Waals surface area contributed by atoms with Crippen LogP contribution in [-0.4, -0.2) is 32.5 Å². The first kappa shape index (κ1) is 15.7. The van der Waals surface area contributed by atoms with Crippen molar-refractivity contribution in [2.75, 3.05) is 17.2 Å². The Labute approximate surface area is 147 Å². The van der Waals surface area contributed by atoms with Crippen LogP contribution in [-0.2, 0) is 6.42 Å². The van der Waals surface area contributed by atoms with Crippen molar-refractivity contribution in [3.8, 4) is 0 Å². The van der Waals surface area contributed by atoms with E-state index in [9.17, 15) is 0 Å². The van der Waals surface area contributed by atoms with E-state index >= 15 is 0 Å². The van der Waals surface area contributed by atoms with Gasteiger partial charge in [-0.2, -0.15) is 0 Å². The molecule has 1 atom stereocenters. The third kappa shape index (κ3) is 3.52. The van der Waals surface area contributed by atoms with E-state index in [-0.39, 0.29) is 6.04 Å². The Balaban J connectivity index is 1.41. The number of nitrogens with one attached hydrogen (secondary N) is 2. The number of anilines is 2. The first-order valence-corrected chi connectivity index (χ1v) is 8.69. The summed E-state index contributed by atoms with van der Waals surface area (Å²) in [5.41, 5.74) is 3.96. The molecule has 0 bridgehead atoms. The monoisotopic (exact) mass is 333 g/mol. The molecule has 2 N–H and O–H groups in total. The summed E-state index contributed by atoms with van der Waals surface area (Å²) in [6, 6.07) is 8.31. The second kappa shape index (κ2) is 7.01. The number of aromatic nitrogens is 4. The van der Waals surface area contributed by atoms with Crippen molar-refractivity contribution in [3.63, 3.8) is 0 Å². The van der Waals surface area contributed by atoms with Crippen LogP contribution in [0.25, 0.3) is 11.0 Å². The summed E-state index contributed by atoms with van der Waals surface area (Å²) < 4.78 is 0. The van der Waals surface area contributed by atoms with Crippen LogP contribution in [0.2, 0.25) is 0 Å². The summed E-state index contributed by atoms with van der Waals surface area (Å²) in [6.07, 6.45) is 8.63. The number of pyridine rings is 2. The molecule has 0 saturated carbocycles. The van der Waals surface area contributed by atoms with Gasteiger partial charge in [-0.1, -0.05) is 6.07 Å². The van der Waals surface area contributed by atoms with Crippen LogP contribution in [0.3, 0.4) is 0 Å². The summed E-state index contributed by atoms with van der Waals surface area (Å²) >= 11 is 0. The molecule has 25 heavy (non-hydrogen) atoms. The van der Waals surface area contributed by atoms with Crippen LogP contribution in [0.1, 0.15) is 31.0 Å². The van der Waals surface area contributed by atoms with Gasteiger partial charge in [0, 0.05) is 30.9 Å². The number of fused-ring (bicyclic) bond motifs is 2. The number of hydrogen-bond donors (Lipinski definition) is 2. The van der Waals surface area contributed by atoms with Gasteiger partial charge in [-0.05, 0) is 49.9 Å². The Morgan fingerprint density at radius 1 is 1.24 bits per heavy atom. The highest BCUT2D eigenvalue weighted by Gasteiger charge is 2.12. The molecule has 0 fully saturated rings. The van der Waals surface area contributed by atoms with Crippen molar-refractivity contribution in [2.45, 2.75) is 32.2 Å². The fourth-order valence-electron chi connectivity index (χ4n) is 3.05. The van der Waals surface area contributed by atoms with Gasteiger partial charge in [0.15, 0.2) is 5.82 Å². The lowest BCUT2D eigenvalue weighted by molar-refractivity contribution is 0.771. The SMILES string of the molecule is CC(C[CH]c1ccc2c(n1)NCCC2)Nc1ncnc2cccnc12. The van der Waals surface area contributed by atoms with Gasteiger partial charge in [0.1, 0.15) is 17.7 Å². The first-order chi connectivity index (χ1) is 12.3. The van der Waals surface area contributed by atoms with Gasteiger partial charge in [-0.3, -0.25) is 4.98 Å². The average molecular weight is 333 g/mol. The normalized spacial score (nSPS) is 14.6. The van der Waals surface area contributed by atoms with Crippen LogP contribution in [0.15, 0.2) is 36.8 Å². The maximum Gasteiger partial charge on any atom is 0.156 e. The number of nitrogens with zero attached hydrogens (tertiary/aromatic N) is 4. The second-order valence-electron chi connectivity index (χ2n) is 6.35. The standard InChI is InChI=1S/C19H21N6/c1-13(24-19-17-16(22-12-23-19)5-3-10-20-17)6-8-15-9-7-14-4-2-11-21-18(14)25-15/h3,5,7-10,12-13H,2,4,6,11H2,1H3,(H,21,25)(H,22,23,24). The molecular weight excluding hydrogens is 312 g/mol. The molecule has 6 heteroatoms. The number of aryl methyl sites for hydroxylation is 1. The molecule has 6 nitrogen and oxygen atoms in total. The smallest absolute Gasteiger partial charge is 0.156 e. The maximum atomic E-state index is 4.71. The lowest BCUT2D eigenvalue weighted by atomic mass is 10.1. The van der Waals surface area contributed by atoms with Crippen LogP contribution < -0.4 is 10.6 Å². The average Bonchev–Trinajstić information content (AvgIpc) is 2.66. The van der Waals surface area contributed by atoms with E-state index in [2.05, 4.69) is 51.1 Å². The fourth-order valence-corrected chi connectivity index (χ4v) is 3.05. The van der Waals surface area contributed by atoms with Crippen LogP contribution >= 0.6 is 0 Å².